The van der Waals surface area contributed by atoms with Gasteiger partial charge in [-0.3, -0.25) is 19.2 Å². The Morgan fingerprint density at radius 1 is 0.646 bits per heavy atom. The lowest BCUT2D eigenvalue weighted by molar-refractivity contribution is -0.149. The Kier molecular flexibility index (Phi) is 17.9. The van der Waals surface area contributed by atoms with Gasteiger partial charge >= 0.3 is 11.9 Å². The monoisotopic (exact) mass is 932 g/mol. The lowest BCUT2D eigenvalue weighted by Gasteiger charge is -2.22. The van der Waals surface area contributed by atoms with Gasteiger partial charge in [0.05, 0.1) is 44.1 Å². The number of Topliss-reactive ketones (excluding diaryl/α,β-unsaturated/α-hetero) is 2. The molecule has 0 spiro atoms. The highest BCUT2D eigenvalue weighted by Gasteiger charge is 2.42. The van der Waals surface area contributed by atoms with Crippen LogP contribution in [-0.2, 0) is 27.5 Å². The summed E-state index contributed by atoms with van der Waals surface area (Å²) in [5.74, 6) is -1.98. The van der Waals surface area contributed by atoms with Crippen molar-refractivity contribution in [2.24, 2.45) is 0 Å². The van der Waals surface area contributed by atoms with Gasteiger partial charge < -0.3 is 40.3 Å². The van der Waals surface area contributed by atoms with Gasteiger partial charge in [0, 0.05) is 41.4 Å². The van der Waals surface area contributed by atoms with Gasteiger partial charge in [0.2, 0.25) is 16.6 Å². The standard InChI is InChI=1S/C49H64N4O10S2/c1-30-40(50)38-34(23-22-32-42(56)45(59)48(49(60)61)63-46(32)38)52(30)24-18-14-10-6-3-4-8-12-16-20-26-64-65-27-21-17-13-9-5-7-11-15-19-25-53-31(2)41(51)39-35(53)28-33-37(44(58)43(33)57)47(39)62-29-36(54)55/h22-23,28,48H,3-21,24-27,29,50-51H2,1-2H3,(H,54,55)(H,60,61). The molecule has 1 aliphatic heterocycles. The molecule has 1 unspecified atom stereocenters. The van der Waals surface area contributed by atoms with Crippen LogP contribution in [0.25, 0.3) is 32.6 Å². The molecule has 1 atom stereocenters. The second-order valence-corrected chi connectivity index (χ2v) is 20.1. The zero-order chi connectivity index (χ0) is 46.6. The molecular weight excluding hydrogens is 869 g/mol. The number of aliphatic carboxylic acids is 2. The number of hydrogen-bond acceptors (Lipinski definition) is 12. The first-order chi connectivity index (χ1) is 31.3. The molecule has 6 N–H and O–H groups in total. The van der Waals surface area contributed by atoms with Crippen LogP contribution >= 0.6 is 21.6 Å². The average molecular weight is 933 g/mol. The van der Waals surface area contributed by atoms with Gasteiger partial charge in [0.15, 0.2) is 6.61 Å². The van der Waals surface area contributed by atoms with Crippen molar-refractivity contribution in [3.05, 3.63) is 55.6 Å². The molecule has 6 rings (SSSR count). The normalized spacial score (nSPS) is 14.0. The molecule has 0 amide bonds. The summed E-state index contributed by atoms with van der Waals surface area (Å²) < 4.78 is 15.2. The van der Waals surface area contributed by atoms with E-state index in [-0.39, 0.29) is 27.8 Å². The molecule has 0 aliphatic carbocycles. The number of fused-ring (bicyclic) bond motifs is 5. The smallest absolute Gasteiger partial charge is 0.353 e. The first-order valence-corrected chi connectivity index (χ1v) is 25.9. The van der Waals surface area contributed by atoms with Crippen LogP contribution in [0.3, 0.4) is 0 Å². The van der Waals surface area contributed by atoms with Crippen molar-refractivity contribution in [3.8, 4) is 11.5 Å². The van der Waals surface area contributed by atoms with E-state index in [9.17, 15) is 33.9 Å². The van der Waals surface area contributed by atoms with Crippen molar-refractivity contribution >= 4 is 89.0 Å². The highest BCUT2D eigenvalue weighted by Crippen LogP contribution is 2.42. The number of ketones is 2. The van der Waals surface area contributed by atoms with Gasteiger partial charge in [0.1, 0.15) is 11.5 Å². The van der Waals surface area contributed by atoms with Crippen LogP contribution in [0.1, 0.15) is 144 Å². The Labute approximate surface area is 387 Å². The Hall–Kier alpha value is -4.96. The summed E-state index contributed by atoms with van der Waals surface area (Å²) in [5.41, 5.74) is 15.7. The van der Waals surface area contributed by atoms with Gasteiger partial charge in [-0.05, 0) is 57.7 Å². The summed E-state index contributed by atoms with van der Waals surface area (Å²) in [6.45, 7) is 4.65. The van der Waals surface area contributed by atoms with Crippen LogP contribution in [0, 0.1) is 13.8 Å². The number of carbonyl (C=O) groups is 4. The summed E-state index contributed by atoms with van der Waals surface area (Å²) in [5, 5.41) is 20.0. The van der Waals surface area contributed by atoms with E-state index in [0.29, 0.717) is 34.2 Å². The molecular formula is C49H64N4O10S2. The minimum Gasteiger partial charge on any atom is -0.480 e. The van der Waals surface area contributed by atoms with E-state index in [0.717, 1.165) is 55.6 Å². The van der Waals surface area contributed by atoms with Gasteiger partial charge in [-0.25, -0.2) is 9.59 Å². The average Bonchev–Trinajstić information content (AvgIpc) is 3.68. The number of rotatable bonds is 30. The number of carbonyl (C=O) groups excluding carboxylic acids is 2. The third kappa shape index (κ3) is 11.5. The highest BCUT2D eigenvalue weighted by molar-refractivity contribution is 8.76. The van der Waals surface area contributed by atoms with Crippen LogP contribution in [0.15, 0.2) is 27.8 Å². The summed E-state index contributed by atoms with van der Waals surface area (Å²) >= 11 is 0. The second kappa shape index (κ2) is 23.5. The van der Waals surface area contributed by atoms with Crippen LogP contribution in [-0.4, -0.2) is 67.1 Å². The van der Waals surface area contributed by atoms with Crippen molar-refractivity contribution in [1.29, 1.82) is 0 Å². The first kappa shape index (κ1) is 49.5. The number of aromatic nitrogens is 2. The van der Waals surface area contributed by atoms with Crippen LogP contribution < -0.4 is 31.8 Å². The molecule has 3 aromatic carbocycles. The van der Waals surface area contributed by atoms with Crippen molar-refractivity contribution in [1.82, 2.24) is 9.13 Å². The number of hydrogen-bond donors (Lipinski definition) is 4. The van der Waals surface area contributed by atoms with Gasteiger partial charge in [-0.1, -0.05) is 118 Å². The predicted octanol–water partition coefficient (Wildman–Crippen LogP) is 9.68. The molecule has 2 aromatic heterocycles. The van der Waals surface area contributed by atoms with Crippen molar-refractivity contribution in [3.63, 3.8) is 0 Å². The molecule has 1 aliphatic rings. The number of nitrogen functional groups attached to an aromatic ring is 2. The molecule has 352 valence electrons. The van der Waals surface area contributed by atoms with Crippen LogP contribution in [0.2, 0.25) is 0 Å². The van der Waals surface area contributed by atoms with E-state index in [1.807, 2.05) is 35.4 Å². The molecule has 14 nitrogen and oxygen atoms in total. The Balaban J connectivity index is 0.725. The van der Waals surface area contributed by atoms with E-state index in [2.05, 4.69) is 9.13 Å². The van der Waals surface area contributed by atoms with E-state index in [1.54, 1.807) is 12.1 Å². The number of nitrogens with two attached hydrogens (primary N) is 2. The number of ether oxygens (including phenoxy) is 2. The summed E-state index contributed by atoms with van der Waals surface area (Å²) in [6.07, 6.45) is 21.0. The van der Waals surface area contributed by atoms with E-state index in [4.69, 9.17) is 26.0 Å². The molecule has 65 heavy (non-hydrogen) atoms. The van der Waals surface area contributed by atoms with Crippen molar-refractivity contribution in [2.75, 3.05) is 29.6 Å². The summed E-state index contributed by atoms with van der Waals surface area (Å²) in [7, 11) is 4.04. The molecule has 0 bridgehead atoms. The Bertz CT molecular complexity index is 2590. The van der Waals surface area contributed by atoms with E-state index < -0.39 is 47.1 Å². The summed E-state index contributed by atoms with van der Waals surface area (Å²) in [6, 6.07) is 4.99. The zero-order valence-electron chi connectivity index (χ0n) is 37.8. The van der Waals surface area contributed by atoms with Gasteiger partial charge in [-0.2, -0.15) is 0 Å². The number of unbranched alkanes of at least 4 members (excludes halogenated alkanes) is 17. The number of nitrogens with zero attached hydrogens (tertiary/aromatic N) is 2. The van der Waals surface area contributed by atoms with E-state index >= 15 is 0 Å². The Morgan fingerprint density at radius 2 is 1.12 bits per heavy atom. The number of aryl methyl sites for hydroxylation is 2. The third-order valence-corrected chi connectivity index (χ3v) is 15.4. The fourth-order valence-electron chi connectivity index (χ4n) is 9.14. The number of carboxylic acids is 2. The second-order valence-electron chi connectivity index (χ2n) is 17.4. The molecule has 5 aromatic rings. The highest BCUT2D eigenvalue weighted by atomic mass is 33.1. The van der Waals surface area contributed by atoms with Crippen molar-refractivity contribution < 1.29 is 38.9 Å². The number of benzene rings is 2. The lowest BCUT2D eigenvalue weighted by atomic mass is 9.97. The molecule has 16 heteroatoms. The lowest BCUT2D eigenvalue weighted by Crippen LogP contribution is -2.43. The first-order valence-electron chi connectivity index (χ1n) is 23.4. The van der Waals surface area contributed by atoms with Crippen LogP contribution in [0.4, 0.5) is 11.4 Å². The summed E-state index contributed by atoms with van der Waals surface area (Å²) in [4.78, 5) is 72.1. The maximum atomic E-state index is 12.6. The Morgan fingerprint density at radius 3 is 1.63 bits per heavy atom. The topological polar surface area (TPSA) is 223 Å². The fourth-order valence-corrected chi connectivity index (χ4v) is 11.4. The molecule has 0 radical (unpaired) electrons. The quantitative estimate of drug-likeness (QED) is 0.0146. The van der Waals surface area contributed by atoms with Crippen LogP contribution in [0.5, 0.6) is 11.5 Å². The maximum Gasteiger partial charge on any atom is 0.353 e. The molecule has 3 heterocycles. The predicted molar refractivity (Wildman–Crippen MR) is 262 cm³/mol. The zero-order valence-corrected chi connectivity index (χ0v) is 39.4. The van der Waals surface area contributed by atoms with Gasteiger partial charge in [0.25, 0.3) is 11.9 Å². The third-order valence-electron chi connectivity index (χ3n) is 12.8. The minimum absolute atomic E-state index is 0.0568. The maximum absolute atomic E-state index is 12.6. The fraction of sp³-hybridized carbons (Fsp3) is 0.551. The molecule has 0 saturated carbocycles. The SMILES string of the molecule is Cc1c(N)c2c3c(ccc2n1CCCCCCCCCCCCSSCCCCCCCCCCCn1c(C)c(N)c2c(OCC(=O)O)c4c(=O)c(=O)c4cc21)C(=O)C(=O)C(C(=O)O)O3. The van der Waals surface area contributed by atoms with E-state index in [1.165, 1.54) is 107 Å². The number of anilines is 2. The molecule has 0 fully saturated rings. The molecule has 0 saturated heterocycles. The minimum atomic E-state index is -1.86. The van der Waals surface area contributed by atoms with Crippen molar-refractivity contribution in [2.45, 2.75) is 155 Å². The largest absolute Gasteiger partial charge is 0.480 e. The van der Waals surface area contributed by atoms with Gasteiger partial charge in [-0.15, -0.1) is 0 Å². The number of carboxylic acid groups (broad SMARTS) is 2.